The number of benzene rings is 1. The van der Waals surface area contributed by atoms with Crippen LogP contribution in [-0.4, -0.2) is 4.98 Å². The van der Waals surface area contributed by atoms with E-state index >= 15 is 0 Å². The van der Waals surface area contributed by atoms with Crippen LogP contribution in [0.4, 0.5) is 4.39 Å². The van der Waals surface area contributed by atoms with Crippen molar-refractivity contribution in [1.29, 1.82) is 5.26 Å². The molecule has 17 heavy (non-hydrogen) atoms. The van der Waals surface area contributed by atoms with Gasteiger partial charge in [0.25, 0.3) is 0 Å². The van der Waals surface area contributed by atoms with E-state index in [2.05, 4.69) is 27.0 Å². The van der Waals surface area contributed by atoms with Crippen LogP contribution >= 0.6 is 27.3 Å². The Morgan fingerprint density at radius 1 is 1.53 bits per heavy atom. The van der Waals surface area contributed by atoms with Crippen molar-refractivity contribution in [2.24, 2.45) is 0 Å². The van der Waals surface area contributed by atoms with Gasteiger partial charge in [-0.05, 0) is 25.1 Å². The van der Waals surface area contributed by atoms with Crippen molar-refractivity contribution in [3.8, 4) is 16.6 Å². The van der Waals surface area contributed by atoms with Gasteiger partial charge in [-0.1, -0.05) is 15.9 Å². The van der Waals surface area contributed by atoms with Crippen LogP contribution in [0.1, 0.15) is 10.6 Å². The van der Waals surface area contributed by atoms with E-state index in [1.165, 1.54) is 17.4 Å². The minimum absolute atomic E-state index is 0.301. The summed E-state index contributed by atoms with van der Waals surface area (Å²) in [4.78, 5) is 5.20. The number of aromatic nitrogens is 1. The third kappa shape index (κ3) is 2.54. The van der Waals surface area contributed by atoms with Gasteiger partial charge in [0.2, 0.25) is 0 Å². The molecule has 0 saturated carbocycles. The molecule has 0 bridgehead atoms. The first kappa shape index (κ1) is 12.2. The van der Waals surface area contributed by atoms with E-state index in [4.69, 9.17) is 5.26 Å². The van der Waals surface area contributed by atoms with Crippen molar-refractivity contribution in [1.82, 2.24) is 4.98 Å². The Balaban J connectivity index is 2.50. The van der Waals surface area contributed by atoms with E-state index < -0.39 is 0 Å². The molecule has 86 valence electrons. The van der Waals surface area contributed by atoms with Crippen LogP contribution in [0.2, 0.25) is 0 Å². The summed E-state index contributed by atoms with van der Waals surface area (Å²) in [6, 6.07) is 6.83. The highest BCUT2D eigenvalue weighted by Gasteiger charge is 2.13. The Bertz CT molecular complexity index is 601. The summed E-state index contributed by atoms with van der Waals surface area (Å²) in [5, 5.41) is 9.29. The largest absolute Gasteiger partial charge is 0.241 e. The highest BCUT2D eigenvalue weighted by molar-refractivity contribution is 9.10. The smallest absolute Gasteiger partial charge is 0.133 e. The summed E-state index contributed by atoms with van der Waals surface area (Å²) in [5.41, 5.74) is 1.27. The van der Waals surface area contributed by atoms with Crippen LogP contribution in [0.3, 0.4) is 0 Å². The van der Waals surface area contributed by atoms with Crippen molar-refractivity contribution in [3.63, 3.8) is 0 Å². The van der Waals surface area contributed by atoms with Crippen LogP contribution in [0.25, 0.3) is 10.6 Å². The average Bonchev–Trinajstić information content (AvgIpc) is 2.64. The lowest BCUT2D eigenvalue weighted by Gasteiger charge is -1.99. The molecule has 0 unspecified atom stereocenters. The molecular weight excluding hydrogens is 303 g/mol. The van der Waals surface area contributed by atoms with Crippen LogP contribution in [0, 0.1) is 24.1 Å². The van der Waals surface area contributed by atoms with Crippen molar-refractivity contribution in [2.45, 2.75) is 13.3 Å². The highest BCUT2D eigenvalue weighted by atomic mass is 79.9. The molecule has 1 heterocycles. The first-order valence-electron chi connectivity index (χ1n) is 4.90. The SMILES string of the molecule is Cc1nc(-c2cc(Br)ccc2F)sc1CC#N. The van der Waals surface area contributed by atoms with E-state index in [1.54, 1.807) is 12.1 Å². The number of halogens is 2. The van der Waals surface area contributed by atoms with E-state index in [9.17, 15) is 4.39 Å². The summed E-state index contributed by atoms with van der Waals surface area (Å²) >= 11 is 4.67. The molecule has 2 aromatic rings. The number of thiazole rings is 1. The van der Waals surface area contributed by atoms with Crippen molar-refractivity contribution in [3.05, 3.63) is 39.1 Å². The minimum Gasteiger partial charge on any atom is -0.241 e. The Morgan fingerprint density at radius 3 is 3.00 bits per heavy atom. The molecular formula is C12H8BrFN2S. The quantitative estimate of drug-likeness (QED) is 0.837. The van der Waals surface area contributed by atoms with Crippen LogP contribution in [0.5, 0.6) is 0 Å². The lowest BCUT2D eigenvalue weighted by Crippen LogP contribution is -1.84. The molecule has 0 aliphatic rings. The monoisotopic (exact) mass is 310 g/mol. The summed E-state index contributed by atoms with van der Waals surface area (Å²) in [5.74, 6) is -0.301. The number of aryl methyl sites for hydroxylation is 1. The zero-order valence-electron chi connectivity index (χ0n) is 9.00. The Kier molecular flexibility index (Phi) is 3.55. The molecule has 2 nitrogen and oxygen atoms in total. The second kappa shape index (κ2) is 4.94. The molecule has 1 aromatic heterocycles. The summed E-state index contributed by atoms with van der Waals surface area (Å²) in [7, 11) is 0. The van der Waals surface area contributed by atoms with Gasteiger partial charge < -0.3 is 0 Å². The Morgan fingerprint density at radius 2 is 2.29 bits per heavy atom. The van der Waals surface area contributed by atoms with Gasteiger partial charge in [-0.3, -0.25) is 0 Å². The fourth-order valence-corrected chi connectivity index (χ4v) is 2.81. The van der Waals surface area contributed by atoms with Crippen molar-refractivity contribution < 1.29 is 4.39 Å². The number of nitrogens with zero attached hydrogens (tertiary/aromatic N) is 2. The van der Waals surface area contributed by atoms with E-state index in [0.717, 1.165) is 15.0 Å². The Hall–Kier alpha value is -1.25. The molecule has 0 atom stereocenters. The fourth-order valence-electron chi connectivity index (χ4n) is 1.44. The third-order valence-corrected chi connectivity index (χ3v) is 3.98. The van der Waals surface area contributed by atoms with E-state index in [1.807, 2.05) is 6.92 Å². The maximum absolute atomic E-state index is 13.7. The molecule has 5 heteroatoms. The lowest BCUT2D eigenvalue weighted by molar-refractivity contribution is 0.631. The van der Waals surface area contributed by atoms with E-state index in [-0.39, 0.29) is 5.82 Å². The minimum atomic E-state index is -0.301. The van der Waals surface area contributed by atoms with Gasteiger partial charge in [0.1, 0.15) is 10.8 Å². The standard InChI is InChI=1S/C12H8BrFN2S/c1-7-11(4-5-15)17-12(16-7)9-6-8(13)2-3-10(9)14/h2-3,6H,4H2,1H3. The van der Waals surface area contributed by atoms with Gasteiger partial charge in [0, 0.05) is 14.9 Å². The van der Waals surface area contributed by atoms with Gasteiger partial charge >= 0.3 is 0 Å². The Labute approximate surface area is 111 Å². The molecule has 0 aliphatic heterocycles. The lowest BCUT2D eigenvalue weighted by atomic mass is 10.2. The van der Waals surface area contributed by atoms with Crippen LogP contribution in [-0.2, 0) is 6.42 Å². The topological polar surface area (TPSA) is 36.7 Å². The molecule has 0 radical (unpaired) electrons. The van der Waals surface area contributed by atoms with Crippen LogP contribution < -0.4 is 0 Å². The van der Waals surface area contributed by atoms with E-state index in [0.29, 0.717) is 17.0 Å². The second-order valence-corrected chi connectivity index (χ2v) is 5.49. The molecule has 0 saturated heterocycles. The summed E-state index contributed by atoms with van der Waals surface area (Å²) in [6.45, 7) is 1.84. The first-order chi connectivity index (χ1) is 8.11. The predicted octanol–water partition coefficient (Wildman–Crippen LogP) is 4.09. The average molecular weight is 311 g/mol. The molecule has 1 aromatic carbocycles. The van der Waals surface area contributed by atoms with Crippen LogP contribution in [0.15, 0.2) is 22.7 Å². The highest BCUT2D eigenvalue weighted by Crippen LogP contribution is 2.31. The fraction of sp³-hybridized carbons (Fsp3) is 0.167. The molecule has 0 N–H and O–H groups in total. The van der Waals surface area contributed by atoms with Gasteiger partial charge in [0.05, 0.1) is 18.2 Å². The number of hydrogen-bond donors (Lipinski definition) is 0. The van der Waals surface area contributed by atoms with Crippen molar-refractivity contribution in [2.75, 3.05) is 0 Å². The molecule has 0 fully saturated rings. The summed E-state index contributed by atoms with van der Waals surface area (Å²) < 4.78 is 14.5. The maximum atomic E-state index is 13.7. The number of nitriles is 1. The predicted molar refractivity (Wildman–Crippen MR) is 69.3 cm³/mol. The maximum Gasteiger partial charge on any atom is 0.133 e. The summed E-state index contributed by atoms with van der Waals surface area (Å²) in [6.07, 6.45) is 0.319. The molecule has 0 spiro atoms. The normalized spacial score (nSPS) is 10.2. The van der Waals surface area contributed by atoms with Gasteiger partial charge in [-0.25, -0.2) is 9.37 Å². The molecule has 0 amide bonds. The molecule has 2 rings (SSSR count). The second-order valence-electron chi connectivity index (χ2n) is 3.49. The van der Waals surface area contributed by atoms with Gasteiger partial charge in [-0.15, -0.1) is 11.3 Å². The molecule has 0 aliphatic carbocycles. The van der Waals surface area contributed by atoms with Gasteiger partial charge in [-0.2, -0.15) is 5.26 Å². The number of hydrogen-bond acceptors (Lipinski definition) is 3. The zero-order chi connectivity index (χ0) is 12.4. The third-order valence-electron chi connectivity index (χ3n) is 2.29. The zero-order valence-corrected chi connectivity index (χ0v) is 11.4. The van der Waals surface area contributed by atoms with Crippen molar-refractivity contribution >= 4 is 27.3 Å². The number of rotatable bonds is 2. The van der Waals surface area contributed by atoms with Gasteiger partial charge in [0.15, 0.2) is 0 Å². The first-order valence-corrected chi connectivity index (χ1v) is 6.51.